The Morgan fingerprint density at radius 3 is 1.17 bits per heavy atom. The van der Waals surface area contributed by atoms with Crippen LogP contribution in [0.2, 0.25) is 0 Å². The van der Waals surface area contributed by atoms with Gasteiger partial charge in [0.15, 0.2) is 8.07 Å². The molecule has 36 heavy (non-hydrogen) atoms. The lowest BCUT2D eigenvalue weighted by molar-refractivity contribution is 0.851. The third-order valence-corrected chi connectivity index (χ3v) is 14.5. The van der Waals surface area contributed by atoms with E-state index in [1.807, 2.05) is 0 Å². The van der Waals surface area contributed by atoms with E-state index in [1.165, 1.54) is 76.8 Å². The van der Waals surface area contributed by atoms with E-state index in [2.05, 4.69) is 126 Å². The lowest BCUT2D eigenvalue weighted by Gasteiger charge is -2.40. The molecule has 1 unspecified atom stereocenters. The van der Waals surface area contributed by atoms with Crippen LogP contribution in [-0.2, 0) is 0 Å². The summed E-state index contributed by atoms with van der Waals surface area (Å²) in [5, 5.41) is 6.25. The van der Waals surface area contributed by atoms with E-state index in [4.69, 9.17) is 0 Å². The molecule has 0 spiro atoms. The zero-order chi connectivity index (χ0) is 26.7. The van der Waals surface area contributed by atoms with Crippen molar-refractivity contribution in [2.45, 2.75) is 83.1 Å². The van der Waals surface area contributed by atoms with E-state index in [9.17, 15) is 0 Å². The number of allylic oxidation sites excluding steroid dienone is 4. The van der Waals surface area contributed by atoms with Crippen LogP contribution < -0.4 is 15.6 Å². The molecule has 1 atom stereocenters. The Bertz CT molecular complexity index is 1320. The molecule has 0 radical (unpaired) electrons. The summed E-state index contributed by atoms with van der Waals surface area (Å²) in [6, 6.07) is 17.5. The van der Waals surface area contributed by atoms with Gasteiger partial charge in [-0.25, -0.2) is 0 Å². The predicted molar refractivity (Wildman–Crippen MR) is 162 cm³/mol. The molecule has 1 aliphatic carbocycles. The molecule has 1 aliphatic rings. The fraction of sp³-hybridized carbons (Fsp3) is 0.371. The summed E-state index contributed by atoms with van der Waals surface area (Å²) in [5.74, 6) is 0.432. The average molecular weight is 493 g/mol. The van der Waals surface area contributed by atoms with Crippen LogP contribution in [0.25, 0.3) is 0 Å². The second kappa shape index (κ2) is 9.34. The third kappa shape index (κ3) is 3.97. The zero-order valence-electron chi connectivity index (χ0n) is 24.6. The summed E-state index contributed by atoms with van der Waals surface area (Å²) < 4.78 is 0. The first kappa shape index (κ1) is 26.4. The molecule has 0 bridgehead atoms. The molecule has 0 fully saturated rings. The minimum atomic E-state index is -2.60. The maximum atomic E-state index is 2.53. The van der Waals surface area contributed by atoms with E-state index in [-0.39, 0.29) is 0 Å². The molecule has 0 nitrogen and oxygen atoms in total. The number of rotatable bonds is 4. The minimum Gasteiger partial charge on any atom is -0.0636 e. The fourth-order valence-electron chi connectivity index (χ4n) is 6.63. The van der Waals surface area contributed by atoms with E-state index in [1.54, 1.807) is 5.20 Å². The Labute approximate surface area is 221 Å². The fourth-order valence-corrected chi connectivity index (χ4v) is 12.8. The first-order chi connectivity index (χ1) is 16.8. The van der Waals surface area contributed by atoms with Crippen LogP contribution in [0.1, 0.15) is 72.2 Å². The highest BCUT2D eigenvalue weighted by Gasteiger charge is 2.48. The largest absolute Gasteiger partial charge is 0.176 e. The van der Waals surface area contributed by atoms with Crippen LogP contribution in [0, 0.1) is 61.3 Å². The predicted octanol–water partition coefficient (Wildman–Crippen LogP) is 7.47. The molecule has 3 aromatic rings. The molecule has 0 N–H and O–H groups in total. The van der Waals surface area contributed by atoms with E-state index >= 15 is 0 Å². The van der Waals surface area contributed by atoms with Gasteiger partial charge in [0.05, 0.1) is 0 Å². The van der Waals surface area contributed by atoms with Gasteiger partial charge < -0.3 is 0 Å². The van der Waals surface area contributed by atoms with Crippen LogP contribution >= 0.6 is 0 Å². The number of hydrogen-bond donors (Lipinski definition) is 0. The Morgan fingerprint density at radius 2 is 0.833 bits per heavy atom. The van der Waals surface area contributed by atoms with Gasteiger partial charge in [-0.05, 0) is 137 Å². The summed E-state index contributed by atoms with van der Waals surface area (Å²) in [7, 11) is -2.60. The van der Waals surface area contributed by atoms with Crippen LogP contribution in [0.15, 0.2) is 64.4 Å². The molecule has 188 valence electrons. The highest BCUT2D eigenvalue weighted by molar-refractivity contribution is 7.16. The van der Waals surface area contributed by atoms with Crippen molar-refractivity contribution in [3.63, 3.8) is 0 Å². The smallest absolute Gasteiger partial charge is 0.0636 e. The molecular formula is C35H44Si. The third-order valence-electron chi connectivity index (χ3n) is 9.42. The Hall–Kier alpha value is -2.64. The molecule has 1 heteroatoms. The van der Waals surface area contributed by atoms with Crippen molar-refractivity contribution in [3.05, 3.63) is 109 Å². The van der Waals surface area contributed by atoms with Crippen molar-refractivity contribution in [1.82, 2.24) is 0 Å². The second-order valence-corrected chi connectivity index (χ2v) is 15.4. The number of benzene rings is 3. The maximum absolute atomic E-state index is 2.60. The lowest BCUT2D eigenvalue weighted by atomic mass is 10.0. The van der Waals surface area contributed by atoms with Crippen LogP contribution in [-0.4, -0.2) is 8.07 Å². The lowest BCUT2D eigenvalue weighted by Crippen LogP contribution is -2.70. The topological polar surface area (TPSA) is 0 Å². The Morgan fingerprint density at radius 1 is 0.472 bits per heavy atom. The highest BCUT2D eigenvalue weighted by Crippen LogP contribution is 2.41. The van der Waals surface area contributed by atoms with Gasteiger partial charge in [0.1, 0.15) is 0 Å². The summed E-state index contributed by atoms with van der Waals surface area (Å²) >= 11 is 0. The normalized spacial score (nSPS) is 16.4. The molecular weight excluding hydrogens is 448 g/mol. The molecule has 4 rings (SSSR count). The standard InChI is InChI=1S/C35H44Si/c1-20-13-21(2)15-32(14-20)36(33-16-22(3)26(7)23(4)17-33,34-18-24(5)27(8)25(6)19-34)35-30(11)28(9)29(10)31(35)12/h13-19,30H,1-12H3. The van der Waals surface area contributed by atoms with Crippen LogP contribution in [0.5, 0.6) is 0 Å². The molecule has 3 aromatic carbocycles. The number of hydrogen-bond acceptors (Lipinski definition) is 0. The molecule has 0 aliphatic heterocycles. The summed E-state index contributed by atoms with van der Waals surface area (Å²) in [6.45, 7) is 27.8. The quantitative estimate of drug-likeness (QED) is 0.262. The van der Waals surface area contributed by atoms with E-state index < -0.39 is 8.07 Å². The Kier molecular flexibility index (Phi) is 6.86. The summed E-state index contributed by atoms with van der Waals surface area (Å²) in [4.78, 5) is 0. The van der Waals surface area contributed by atoms with Crippen molar-refractivity contribution in [3.8, 4) is 0 Å². The van der Waals surface area contributed by atoms with Crippen molar-refractivity contribution in [2.75, 3.05) is 0 Å². The summed E-state index contributed by atoms with van der Waals surface area (Å²) in [6.07, 6.45) is 0. The minimum absolute atomic E-state index is 0.432. The van der Waals surface area contributed by atoms with Gasteiger partial charge >= 0.3 is 0 Å². The molecule has 0 saturated carbocycles. The van der Waals surface area contributed by atoms with Crippen molar-refractivity contribution < 1.29 is 0 Å². The van der Waals surface area contributed by atoms with E-state index in [0.29, 0.717) is 5.92 Å². The van der Waals surface area contributed by atoms with Crippen LogP contribution in [0.3, 0.4) is 0 Å². The maximum Gasteiger partial charge on any atom is 0.176 e. The van der Waals surface area contributed by atoms with Gasteiger partial charge in [0.25, 0.3) is 0 Å². The highest BCUT2D eigenvalue weighted by atomic mass is 28.3. The molecule has 0 aromatic heterocycles. The SMILES string of the molecule is CC1=C(C)C(C)C([Si](c2cc(C)cc(C)c2)(c2cc(C)c(C)c(C)c2)c2cc(C)c(C)c(C)c2)=C1C. The second-order valence-electron chi connectivity index (χ2n) is 11.7. The van der Waals surface area contributed by atoms with Gasteiger partial charge in [-0.3, -0.25) is 0 Å². The molecule has 0 saturated heterocycles. The first-order valence-electron chi connectivity index (χ1n) is 13.4. The summed E-state index contributed by atoms with van der Waals surface area (Å²) in [5.41, 5.74) is 15.7. The van der Waals surface area contributed by atoms with Crippen molar-refractivity contribution in [2.24, 2.45) is 5.92 Å². The van der Waals surface area contributed by atoms with Gasteiger partial charge in [-0.15, -0.1) is 0 Å². The molecule has 0 heterocycles. The first-order valence-corrected chi connectivity index (χ1v) is 15.4. The van der Waals surface area contributed by atoms with Crippen molar-refractivity contribution >= 4 is 23.6 Å². The van der Waals surface area contributed by atoms with E-state index in [0.717, 1.165) is 0 Å². The van der Waals surface area contributed by atoms with Crippen molar-refractivity contribution in [1.29, 1.82) is 0 Å². The van der Waals surface area contributed by atoms with Gasteiger partial charge in [-0.1, -0.05) is 76.9 Å². The monoisotopic (exact) mass is 492 g/mol. The Balaban J connectivity index is 2.31. The molecule has 0 amide bonds. The number of aryl methyl sites for hydroxylation is 6. The average Bonchev–Trinajstić information content (AvgIpc) is 2.99. The van der Waals surface area contributed by atoms with Gasteiger partial charge in [0.2, 0.25) is 0 Å². The van der Waals surface area contributed by atoms with Gasteiger partial charge in [-0.2, -0.15) is 0 Å². The van der Waals surface area contributed by atoms with Gasteiger partial charge in [0, 0.05) is 0 Å². The van der Waals surface area contributed by atoms with Crippen LogP contribution in [0.4, 0.5) is 0 Å². The zero-order valence-corrected chi connectivity index (χ0v) is 25.6.